The lowest BCUT2D eigenvalue weighted by molar-refractivity contribution is -0.137. The van der Waals surface area contributed by atoms with E-state index in [0.29, 0.717) is 34.3 Å². The first-order valence-electron chi connectivity index (χ1n) is 8.47. The van der Waals surface area contributed by atoms with Crippen LogP contribution in [0.15, 0.2) is 42.5 Å². The maximum absolute atomic E-state index is 11.9. The maximum Gasteiger partial charge on any atom is 0.323 e. The molecule has 1 aromatic heterocycles. The average molecular weight is 387 g/mol. The number of aromatic nitrogens is 1. The minimum Gasteiger partial charge on any atom is -0.480 e. The first-order chi connectivity index (χ1) is 12.9. The lowest BCUT2D eigenvalue weighted by Gasteiger charge is -2.08. The normalized spacial score (nSPS) is 10.8. The van der Waals surface area contributed by atoms with Crippen molar-refractivity contribution in [2.75, 3.05) is 6.54 Å². The number of hydrogen-bond donors (Lipinski definition) is 2. The van der Waals surface area contributed by atoms with E-state index in [0.717, 1.165) is 10.9 Å². The highest BCUT2D eigenvalue weighted by atomic mass is 35.5. The van der Waals surface area contributed by atoms with Gasteiger partial charge >= 0.3 is 5.97 Å². The van der Waals surface area contributed by atoms with E-state index in [1.165, 1.54) is 0 Å². The molecule has 1 amide bonds. The summed E-state index contributed by atoms with van der Waals surface area (Å²) in [6, 6.07) is 12.0. The van der Waals surface area contributed by atoms with E-state index in [1.54, 1.807) is 54.0 Å². The molecule has 0 aliphatic heterocycles. The monoisotopic (exact) mass is 386 g/mol. The van der Waals surface area contributed by atoms with Gasteiger partial charge in [0.15, 0.2) is 5.75 Å². The van der Waals surface area contributed by atoms with Gasteiger partial charge in [-0.25, -0.2) is 0 Å². The minimum absolute atomic E-state index is 0.148. The molecule has 0 fully saturated rings. The number of hydrogen-bond acceptors (Lipinski definition) is 3. The van der Waals surface area contributed by atoms with Gasteiger partial charge in [-0.05, 0) is 56.3 Å². The summed E-state index contributed by atoms with van der Waals surface area (Å²) in [6.07, 6.45) is 0. The number of fused-ring (bicyclic) bond motifs is 1. The Morgan fingerprint density at radius 2 is 1.89 bits per heavy atom. The van der Waals surface area contributed by atoms with Crippen LogP contribution in [0.3, 0.4) is 0 Å². The summed E-state index contributed by atoms with van der Waals surface area (Å²) in [4.78, 5) is 23.1. The molecule has 0 bridgehead atoms. The van der Waals surface area contributed by atoms with Crippen LogP contribution in [0.25, 0.3) is 10.9 Å². The molecule has 0 spiro atoms. The number of carboxylic acids is 1. The van der Waals surface area contributed by atoms with Crippen LogP contribution >= 0.6 is 11.6 Å². The number of aliphatic carboxylic acids is 1. The SMILES string of the molecule is CCNC(=O)c1ccc(Oc2c(C)n(CC(=O)O)c3ccc(Cl)cc23)cc1. The fourth-order valence-corrected chi connectivity index (χ4v) is 3.12. The van der Waals surface area contributed by atoms with E-state index in [4.69, 9.17) is 16.3 Å². The first kappa shape index (κ1) is 18.8. The van der Waals surface area contributed by atoms with Gasteiger partial charge in [0, 0.05) is 22.5 Å². The summed E-state index contributed by atoms with van der Waals surface area (Å²) in [5, 5.41) is 13.2. The highest BCUT2D eigenvalue weighted by molar-refractivity contribution is 6.31. The van der Waals surface area contributed by atoms with Gasteiger partial charge in [0.2, 0.25) is 0 Å². The Balaban J connectivity index is 1.99. The van der Waals surface area contributed by atoms with Crippen molar-refractivity contribution >= 4 is 34.4 Å². The molecule has 1 heterocycles. The number of carboxylic acid groups (broad SMARTS) is 1. The molecule has 140 valence electrons. The smallest absolute Gasteiger partial charge is 0.323 e. The Labute approximate surface area is 161 Å². The summed E-state index contributed by atoms with van der Waals surface area (Å²) >= 11 is 6.12. The predicted molar refractivity (Wildman–Crippen MR) is 104 cm³/mol. The molecule has 0 radical (unpaired) electrons. The number of amides is 1. The molecular formula is C20H19ClN2O4. The molecule has 0 aliphatic carbocycles. The fourth-order valence-electron chi connectivity index (χ4n) is 2.95. The molecule has 2 aromatic carbocycles. The standard InChI is InChI=1S/C20H19ClN2O4/c1-3-22-20(26)13-4-7-15(8-5-13)27-19-12(2)23(11-18(24)25)17-9-6-14(21)10-16(17)19/h4-10H,3,11H2,1-2H3,(H,22,26)(H,24,25). The molecule has 0 aliphatic rings. The second-order valence-electron chi connectivity index (χ2n) is 6.04. The molecule has 27 heavy (non-hydrogen) atoms. The van der Waals surface area contributed by atoms with Crippen molar-refractivity contribution in [3.05, 3.63) is 58.7 Å². The van der Waals surface area contributed by atoms with E-state index in [-0.39, 0.29) is 12.5 Å². The molecule has 2 N–H and O–H groups in total. The molecule has 0 atom stereocenters. The summed E-state index contributed by atoms with van der Waals surface area (Å²) in [5.74, 6) is -0.00660. The van der Waals surface area contributed by atoms with Gasteiger partial charge < -0.3 is 19.7 Å². The molecule has 6 nitrogen and oxygen atoms in total. The van der Waals surface area contributed by atoms with Crippen LogP contribution < -0.4 is 10.1 Å². The molecule has 3 rings (SSSR count). The van der Waals surface area contributed by atoms with Crippen LogP contribution in [0.2, 0.25) is 5.02 Å². The lowest BCUT2D eigenvalue weighted by atomic mass is 10.2. The topological polar surface area (TPSA) is 80.6 Å². The van der Waals surface area contributed by atoms with E-state index in [9.17, 15) is 14.7 Å². The Morgan fingerprint density at radius 1 is 1.19 bits per heavy atom. The van der Waals surface area contributed by atoms with Gasteiger partial charge in [-0.1, -0.05) is 11.6 Å². The molecule has 0 saturated heterocycles. The second-order valence-corrected chi connectivity index (χ2v) is 6.48. The first-order valence-corrected chi connectivity index (χ1v) is 8.84. The van der Waals surface area contributed by atoms with E-state index < -0.39 is 5.97 Å². The predicted octanol–water partition coefficient (Wildman–Crippen LogP) is 4.23. The highest BCUT2D eigenvalue weighted by Crippen LogP contribution is 2.37. The van der Waals surface area contributed by atoms with Gasteiger partial charge in [0.1, 0.15) is 12.3 Å². The molecule has 3 aromatic rings. The number of carbonyl (C=O) groups is 2. The molecule has 0 unspecified atom stereocenters. The number of nitrogens with one attached hydrogen (secondary N) is 1. The van der Waals surface area contributed by atoms with Crippen LogP contribution in [-0.4, -0.2) is 28.1 Å². The van der Waals surface area contributed by atoms with Gasteiger partial charge in [-0.15, -0.1) is 0 Å². The summed E-state index contributed by atoms with van der Waals surface area (Å²) < 4.78 is 7.70. The number of benzene rings is 2. The van der Waals surface area contributed by atoms with Crippen LogP contribution in [-0.2, 0) is 11.3 Å². The van der Waals surface area contributed by atoms with E-state index in [2.05, 4.69) is 5.32 Å². The zero-order chi connectivity index (χ0) is 19.6. The van der Waals surface area contributed by atoms with Gasteiger partial charge in [-0.3, -0.25) is 9.59 Å². The average Bonchev–Trinajstić information content (AvgIpc) is 2.87. The van der Waals surface area contributed by atoms with Gasteiger partial charge in [-0.2, -0.15) is 0 Å². The third-order valence-corrected chi connectivity index (χ3v) is 4.43. The summed E-state index contributed by atoms with van der Waals surface area (Å²) in [6.45, 7) is 4.04. The zero-order valence-electron chi connectivity index (χ0n) is 15.0. The summed E-state index contributed by atoms with van der Waals surface area (Å²) in [7, 11) is 0. The molecular weight excluding hydrogens is 368 g/mol. The van der Waals surface area contributed by atoms with Crippen molar-refractivity contribution < 1.29 is 19.4 Å². The Hall–Kier alpha value is -2.99. The second kappa shape index (κ2) is 7.72. The molecule has 0 saturated carbocycles. The number of ether oxygens (including phenoxy) is 1. The van der Waals surface area contributed by atoms with Crippen molar-refractivity contribution in [3.63, 3.8) is 0 Å². The third kappa shape index (κ3) is 3.90. The van der Waals surface area contributed by atoms with Crippen molar-refractivity contribution in [2.24, 2.45) is 0 Å². The number of carbonyl (C=O) groups excluding carboxylic acids is 1. The van der Waals surface area contributed by atoms with Crippen LogP contribution in [0.4, 0.5) is 0 Å². The van der Waals surface area contributed by atoms with Gasteiger partial charge in [0.25, 0.3) is 5.91 Å². The van der Waals surface area contributed by atoms with Crippen LogP contribution in [0.1, 0.15) is 23.0 Å². The van der Waals surface area contributed by atoms with Crippen LogP contribution in [0, 0.1) is 6.92 Å². The van der Waals surface area contributed by atoms with Crippen molar-refractivity contribution in [1.29, 1.82) is 0 Å². The Morgan fingerprint density at radius 3 is 2.52 bits per heavy atom. The molecule has 7 heteroatoms. The lowest BCUT2D eigenvalue weighted by Crippen LogP contribution is -2.22. The van der Waals surface area contributed by atoms with E-state index >= 15 is 0 Å². The maximum atomic E-state index is 11.9. The fraction of sp³-hybridized carbons (Fsp3) is 0.200. The minimum atomic E-state index is -0.942. The number of halogens is 1. The number of nitrogens with zero attached hydrogens (tertiary/aromatic N) is 1. The van der Waals surface area contributed by atoms with E-state index in [1.807, 2.05) is 6.92 Å². The Kier molecular flexibility index (Phi) is 5.37. The largest absolute Gasteiger partial charge is 0.480 e. The third-order valence-electron chi connectivity index (χ3n) is 4.19. The van der Waals surface area contributed by atoms with Crippen molar-refractivity contribution in [2.45, 2.75) is 20.4 Å². The highest BCUT2D eigenvalue weighted by Gasteiger charge is 2.18. The summed E-state index contributed by atoms with van der Waals surface area (Å²) in [5.41, 5.74) is 1.95. The van der Waals surface area contributed by atoms with Crippen molar-refractivity contribution in [1.82, 2.24) is 9.88 Å². The Bertz CT molecular complexity index is 1010. The quantitative estimate of drug-likeness (QED) is 0.664. The van der Waals surface area contributed by atoms with Gasteiger partial charge in [0.05, 0.1) is 11.2 Å². The zero-order valence-corrected chi connectivity index (χ0v) is 15.7. The van der Waals surface area contributed by atoms with Crippen LogP contribution in [0.5, 0.6) is 11.5 Å². The van der Waals surface area contributed by atoms with Crippen molar-refractivity contribution in [3.8, 4) is 11.5 Å². The number of rotatable bonds is 6.